The van der Waals surface area contributed by atoms with Crippen LogP contribution in [0, 0.1) is 11.7 Å². The average molecular weight is 348 g/mol. The molecule has 0 aromatic heterocycles. The maximum absolute atomic E-state index is 13.1. The van der Waals surface area contributed by atoms with Crippen molar-refractivity contribution in [1.29, 1.82) is 0 Å². The number of halogens is 2. The lowest BCUT2D eigenvalue weighted by Gasteiger charge is -2.18. The maximum atomic E-state index is 13.1. The van der Waals surface area contributed by atoms with Crippen LogP contribution >= 0.6 is 11.6 Å². The molecule has 0 spiro atoms. The first-order valence-corrected chi connectivity index (χ1v) is 8.27. The Morgan fingerprint density at radius 1 is 1.25 bits per heavy atom. The van der Waals surface area contributed by atoms with Gasteiger partial charge in [0.2, 0.25) is 5.91 Å². The number of benzene rings is 2. The topological polar surface area (TPSA) is 53.2 Å². The molecule has 1 aliphatic rings. The van der Waals surface area contributed by atoms with E-state index in [1.807, 2.05) is 24.3 Å². The highest BCUT2D eigenvalue weighted by Crippen LogP contribution is 2.25. The molecule has 1 saturated heterocycles. The van der Waals surface area contributed by atoms with Crippen molar-refractivity contribution in [1.82, 2.24) is 16.2 Å². The first kappa shape index (κ1) is 16.9. The summed E-state index contributed by atoms with van der Waals surface area (Å²) in [6.45, 7) is 1.08. The first-order valence-electron chi connectivity index (χ1n) is 7.89. The zero-order chi connectivity index (χ0) is 16.9. The van der Waals surface area contributed by atoms with Crippen LogP contribution in [0.1, 0.15) is 17.2 Å². The normalized spacial score (nSPS) is 20.1. The molecule has 2 atom stereocenters. The van der Waals surface area contributed by atoms with E-state index in [1.165, 1.54) is 12.1 Å². The number of hydrogen-bond acceptors (Lipinski definition) is 3. The Morgan fingerprint density at radius 3 is 2.79 bits per heavy atom. The van der Waals surface area contributed by atoms with E-state index in [4.69, 9.17) is 11.6 Å². The quantitative estimate of drug-likeness (QED) is 0.779. The lowest BCUT2D eigenvalue weighted by molar-refractivity contribution is -0.124. The largest absolute Gasteiger partial charge is 0.355 e. The standard InChI is InChI=1S/C18H19ClFN3O/c19-14-3-1-2-12(10-14)8-9-21-18(24)16-11-22-23-17(16)13-4-6-15(20)7-5-13/h1-7,10,16-17,22-23H,8-9,11H2,(H,21,24). The van der Waals surface area contributed by atoms with E-state index >= 15 is 0 Å². The fraction of sp³-hybridized carbons (Fsp3) is 0.278. The van der Waals surface area contributed by atoms with Crippen LogP contribution in [0.25, 0.3) is 0 Å². The fourth-order valence-corrected chi connectivity index (χ4v) is 3.09. The minimum Gasteiger partial charge on any atom is -0.355 e. The Balaban J connectivity index is 1.56. The van der Waals surface area contributed by atoms with Crippen LogP contribution in [0.2, 0.25) is 5.02 Å². The second-order valence-electron chi connectivity index (χ2n) is 5.83. The Hall–Kier alpha value is -1.95. The van der Waals surface area contributed by atoms with Gasteiger partial charge in [0.25, 0.3) is 0 Å². The molecule has 126 valence electrons. The van der Waals surface area contributed by atoms with E-state index < -0.39 is 0 Å². The number of carbonyl (C=O) groups excluding carboxylic acids is 1. The zero-order valence-electron chi connectivity index (χ0n) is 13.1. The molecule has 2 aromatic rings. The van der Waals surface area contributed by atoms with Crippen LogP contribution < -0.4 is 16.2 Å². The van der Waals surface area contributed by atoms with Crippen molar-refractivity contribution in [3.8, 4) is 0 Å². The predicted molar refractivity (Wildman–Crippen MR) is 91.9 cm³/mol. The molecule has 0 aliphatic carbocycles. The lowest BCUT2D eigenvalue weighted by atomic mass is 9.94. The fourth-order valence-electron chi connectivity index (χ4n) is 2.88. The lowest BCUT2D eigenvalue weighted by Crippen LogP contribution is -2.36. The van der Waals surface area contributed by atoms with Crippen LogP contribution in [0.3, 0.4) is 0 Å². The Labute approximate surface area is 145 Å². The van der Waals surface area contributed by atoms with E-state index in [2.05, 4.69) is 16.2 Å². The molecular formula is C18H19ClFN3O. The summed E-state index contributed by atoms with van der Waals surface area (Å²) in [5.74, 6) is -0.550. The third-order valence-corrected chi connectivity index (χ3v) is 4.38. The van der Waals surface area contributed by atoms with Gasteiger partial charge >= 0.3 is 0 Å². The van der Waals surface area contributed by atoms with Crippen LogP contribution in [0.4, 0.5) is 4.39 Å². The second-order valence-corrected chi connectivity index (χ2v) is 6.27. The van der Waals surface area contributed by atoms with Gasteiger partial charge in [-0.15, -0.1) is 0 Å². The predicted octanol–water partition coefficient (Wildman–Crippen LogP) is 2.60. The van der Waals surface area contributed by atoms with Crippen molar-refractivity contribution < 1.29 is 9.18 Å². The summed E-state index contributed by atoms with van der Waals surface area (Å²) in [5, 5.41) is 3.66. The van der Waals surface area contributed by atoms with Gasteiger partial charge in [0, 0.05) is 18.1 Å². The number of carbonyl (C=O) groups is 1. The summed E-state index contributed by atoms with van der Waals surface area (Å²) >= 11 is 5.96. The Bertz CT molecular complexity index is 708. The minimum absolute atomic E-state index is 0.0242. The molecule has 1 aliphatic heterocycles. The number of hydrogen-bond donors (Lipinski definition) is 3. The van der Waals surface area contributed by atoms with Gasteiger partial charge in [-0.2, -0.15) is 0 Å². The smallest absolute Gasteiger partial charge is 0.226 e. The molecule has 1 amide bonds. The number of nitrogens with one attached hydrogen (secondary N) is 3. The summed E-state index contributed by atoms with van der Waals surface area (Å²) in [5.41, 5.74) is 8.07. The molecule has 6 heteroatoms. The molecule has 0 radical (unpaired) electrons. The van der Waals surface area contributed by atoms with Crippen molar-refractivity contribution in [3.05, 3.63) is 70.5 Å². The SMILES string of the molecule is O=C(NCCc1cccc(Cl)c1)C1CNNC1c1ccc(F)cc1. The van der Waals surface area contributed by atoms with E-state index in [-0.39, 0.29) is 23.7 Å². The van der Waals surface area contributed by atoms with E-state index in [1.54, 1.807) is 12.1 Å². The van der Waals surface area contributed by atoms with Crippen molar-refractivity contribution in [3.63, 3.8) is 0 Å². The average Bonchev–Trinajstić information content (AvgIpc) is 3.05. The third kappa shape index (κ3) is 4.12. The summed E-state index contributed by atoms with van der Waals surface area (Å²) in [4.78, 5) is 12.5. The zero-order valence-corrected chi connectivity index (χ0v) is 13.8. The van der Waals surface area contributed by atoms with Gasteiger partial charge in [0.1, 0.15) is 5.82 Å². The molecule has 1 fully saturated rings. The van der Waals surface area contributed by atoms with Gasteiger partial charge in [-0.05, 0) is 41.8 Å². The summed E-state index contributed by atoms with van der Waals surface area (Å²) < 4.78 is 13.1. The van der Waals surface area contributed by atoms with Crippen molar-refractivity contribution in [2.45, 2.75) is 12.5 Å². The van der Waals surface area contributed by atoms with Crippen LogP contribution in [-0.4, -0.2) is 19.0 Å². The van der Waals surface area contributed by atoms with Gasteiger partial charge in [-0.1, -0.05) is 35.9 Å². The van der Waals surface area contributed by atoms with Crippen LogP contribution in [-0.2, 0) is 11.2 Å². The molecule has 1 heterocycles. The highest BCUT2D eigenvalue weighted by atomic mass is 35.5. The summed E-state index contributed by atoms with van der Waals surface area (Å²) in [6, 6.07) is 13.6. The molecular weight excluding hydrogens is 329 g/mol. The van der Waals surface area contributed by atoms with Gasteiger partial charge in [0.05, 0.1) is 12.0 Å². The molecule has 0 saturated carbocycles. The highest BCUT2D eigenvalue weighted by Gasteiger charge is 2.33. The molecule has 24 heavy (non-hydrogen) atoms. The number of amides is 1. The van der Waals surface area contributed by atoms with E-state index in [0.717, 1.165) is 17.5 Å². The van der Waals surface area contributed by atoms with Crippen LogP contribution in [0.15, 0.2) is 48.5 Å². The number of rotatable bonds is 5. The monoisotopic (exact) mass is 347 g/mol. The highest BCUT2D eigenvalue weighted by molar-refractivity contribution is 6.30. The summed E-state index contributed by atoms with van der Waals surface area (Å²) in [7, 11) is 0. The van der Waals surface area contributed by atoms with Crippen LogP contribution in [0.5, 0.6) is 0 Å². The molecule has 0 bridgehead atoms. The van der Waals surface area contributed by atoms with Crippen molar-refractivity contribution in [2.75, 3.05) is 13.1 Å². The molecule has 3 N–H and O–H groups in total. The van der Waals surface area contributed by atoms with Gasteiger partial charge in [0.15, 0.2) is 0 Å². The first-order chi connectivity index (χ1) is 11.6. The van der Waals surface area contributed by atoms with Gasteiger partial charge in [-0.3, -0.25) is 10.2 Å². The third-order valence-electron chi connectivity index (χ3n) is 4.15. The molecule has 3 rings (SSSR count). The van der Waals surface area contributed by atoms with E-state index in [9.17, 15) is 9.18 Å². The van der Waals surface area contributed by atoms with E-state index in [0.29, 0.717) is 18.1 Å². The Morgan fingerprint density at radius 2 is 2.04 bits per heavy atom. The molecule has 2 aromatic carbocycles. The maximum Gasteiger partial charge on any atom is 0.226 e. The van der Waals surface area contributed by atoms with Crippen molar-refractivity contribution >= 4 is 17.5 Å². The molecule has 2 unspecified atom stereocenters. The Kier molecular flexibility index (Phi) is 5.45. The number of hydrazine groups is 1. The minimum atomic E-state index is -0.285. The molecule has 4 nitrogen and oxygen atoms in total. The van der Waals surface area contributed by atoms with Gasteiger partial charge < -0.3 is 5.32 Å². The second kappa shape index (κ2) is 7.75. The van der Waals surface area contributed by atoms with Gasteiger partial charge in [-0.25, -0.2) is 9.82 Å². The van der Waals surface area contributed by atoms with Crippen molar-refractivity contribution in [2.24, 2.45) is 5.92 Å². The summed E-state index contributed by atoms with van der Waals surface area (Å²) in [6.07, 6.45) is 0.723.